The first-order valence-corrected chi connectivity index (χ1v) is 28.7. The van der Waals surface area contributed by atoms with E-state index in [1.54, 1.807) is 0 Å². The molecule has 0 saturated carbocycles. The first kappa shape index (κ1) is 65.3. The molecule has 0 rings (SSSR count). The summed E-state index contributed by atoms with van der Waals surface area (Å²) < 4.78 is 16.8. The highest BCUT2D eigenvalue weighted by Crippen LogP contribution is 2.14. The summed E-state index contributed by atoms with van der Waals surface area (Å²) in [5.74, 6) is -0.910. The van der Waals surface area contributed by atoms with Crippen molar-refractivity contribution in [3.05, 3.63) is 97.2 Å². The molecule has 0 fully saturated rings. The third-order valence-electron chi connectivity index (χ3n) is 12.1. The highest BCUT2D eigenvalue weighted by Gasteiger charge is 2.19. The molecule has 0 aliphatic heterocycles. The fourth-order valence-electron chi connectivity index (χ4n) is 7.77. The first-order chi connectivity index (χ1) is 34.0. The normalized spacial score (nSPS) is 12.8. The Balaban J connectivity index is 4.33. The number of unbranched alkanes of at least 4 members (excludes halogenated alkanes) is 24. The average molecular weight is 960 g/mol. The summed E-state index contributed by atoms with van der Waals surface area (Å²) >= 11 is 0. The van der Waals surface area contributed by atoms with E-state index in [4.69, 9.17) is 14.2 Å². The van der Waals surface area contributed by atoms with Gasteiger partial charge < -0.3 is 14.2 Å². The highest BCUT2D eigenvalue weighted by molar-refractivity contribution is 5.71. The fourth-order valence-corrected chi connectivity index (χ4v) is 7.77. The standard InChI is InChI=1S/C63H106O6/c1-4-7-10-13-16-19-21-23-25-27-29-30-31-32-34-35-37-39-41-44-47-50-53-56-62(65)68-59-60(58-67-61(64)55-52-49-46-43-18-15-12-9-6-3)69-63(66)57-54-51-48-45-42-40-38-36-33-28-26-24-22-20-17-14-11-8-5-2/h7,10,16-17,19-20,23-26,29-30,32-34,36,60H,4-6,8-9,11-15,18,21-22,27-28,31,35,37-59H2,1-3H3/b10-7-,19-16-,20-17-,25-23-,26-24-,30-29-,34-32-,36-33-. The molecule has 0 aromatic heterocycles. The minimum atomic E-state index is -0.788. The second-order valence-electron chi connectivity index (χ2n) is 18.8. The number of allylic oxidation sites excluding steroid dienone is 16. The van der Waals surface area contributed by atoms with Crippen molar-refractivity contribution in [1.82, 2.24) is 0 Å². The number of esters is 3. The third-order valence-corrected chi connectivity index (χ3v) is 12.1. The van der Waals surface area contributed by atoms with E-state index in [-0.39, 0.29) is 31.1 Å². The Morgan fingerprint density at radius 3 is 0.913 bits per heavy atom. The van der Waals surface area contributed by atoms with Crippen LogP contribution in [0.3, 0.4) is 0 Å². The topological polar surface area (TPSA) is 78.9 Å². The largest absolute Gasteiger partial charge is 0.462 e. The Kier molecular flexibility index (Phi) is 53.9. The first-order valence-electron chi connectivity index (χ1n) is 28.7. The Morgan fingerprint density at radius 1 is 0.304 bits per heavy atom. The molecule has 0 radical (unpaired) electrons. The van der Waals surface area contributed by atoms with Crippen LogP contribution in [0.25, 0.3) is 0 Å². The number of ether oxygens (including phenoxy) is 3. The number of hydrogen-bond donors (Lipinski definition) is 0. The van der Waals surface area contributed by atoms with Crippen molar-refractivity contribution in [1.29, 1.82) is 0 Å². The molecule has 1 unspecified atom stereocenters. The van der Waals surface area contributed by atoms with Gasteiger partial charge in [-0.05, 0) is 103 Å². The summed E-state index contributed by atoms with van der Waals surface area (Å²) in [6, 6.07) is 0. The summed E-state index contributed by atoms with van der Waals surface area (Å²) in [5, 5.41) is 0. The molecule has 0 N–H and O–H groups in total. The molecule has 1 atom stereocenters. The molecule has 0 spiro atoms. The number of hydrogen-bond acceptors (Lipinski definition) is 6. The second kappa shape index (κ2) is 56.9. The maximum atomic E-state index is 12.8. The Morgan fingerprint density at radius 2 is 0.565 bits per heavy atom. The quantitative estimate of drug-likeness (QED) is 0.0262. The van der Waals surface area contributed by atoms with E-state index in [1.165, 1.54) is 103 Å². The minimum Gasteiger partial charge on any atom is -0.462 e. The molecular formula is C63H106O6. The van der Waals surface area contributed by atoms with Gasteiger partial charge in [-0.1, -0.05) is 240 Å². The van der Waals surface area contributed by atoms with E-state index >= 15 is 0 Å². The third kappa shape index (κ3) is 55.1. The van der Waals surface area contributed by atoms with Crippen LogP contribution in [0.5, 0.6) is 0 Å². The van der Waals surface area contributed by atoms with Gasteiger partial charge in [0.1, 0.15) is 13.2 Å². The van der Waals surface area contributed by atoms with Crippen molar-refractivity contribution in [2.75, 3.05) is 13.2 Å². The highest BCUT2D eigenvalue weighted by atomic mass is 16.6. The van der Waals surface area contributed by atoms with Gasteiger partial charge in [-0.25, -0.2) is 0 Å². The van der Waals surface area contributed by atoms with Crippen LogP contribution in [0.4, 0.5) is 0 Å². The fraction of sp³-hybridized carbons (Fsp3) is 0.698. The molecule has 0 aromatic carbocycles. The monoisotopic (exact) mass is 959 g/mol. The minimum absolute atomic E-state index is 0.0857. The predicted molar refractivity (Wildman–Crippen MR) is 297 cm³/mol. The summed E-state index contributed by atoms with van der Waals surface area (Å²) in [6.07, 6.45) is 75.4. The Hall–Kier alpha value is -3.67. The van der Waals surface area contributed by atoms with Gasteiger partial charge in [0, 0.05) is 19.3 Å². The van der Waals surface area contributed by atoms with Crippen molar-refractivity contribution in [3.8, 4) is 0 Å². The zero-order chi connectivity index (χ0) is 50.0. The molecule has 69 heavy (non-hydrogen) atoms. The van der Waals surface area contributed by atoms with Crippen LogP contribution in [0, 0.1) is 0 Å². The molecule has 6 heteroatoms. The van der Waals surface area contributed by atoms with Gasteiger partial charge in [0.2, 0.25) is 0 Å². The van der Waals surface area contributed by atoms with Crippen molar-refractivity contribution < 1.29 is 28.6 Å². The Labute approximate surface area is 426 Å². The van der Waals surface area contributed by atoms with E-state index in [1.807, 2.05) is 0 Å². The number of rotatable bonds is 51. The predicted octanol–water partition coefficient (Wildman–Crippen LogP) is 19.3. The van der Waals surface area contributed by atoms with E-state index < -0.39 is 6.10 Å². The molecule has 6 nitrogen and oxygen atoms in total. The maximum absolute atomic E-state index is 12.8. The number of carbonyl (C=O) groups is 3. The maximum Gasteiger partial charge on any atom is 0.306 e. The van der Waals surface area contributed by atoms with Crippen LogP contribution < -0.4 is 0 Å². The second-order valence-corrected chi connectivity index (χ2v) is 18.8. The van der Waals surface area contributed by atoms with E-state index in [2.05, 4.69) is 118 Å². The van der Waals surface area contributed by atoms with Gasteiger partial charge in [-0.3, -0.25) is 14.4 Å². The Bertz CT molecular complexity index is 1380. The van der Waals surface area contributed by atoms with Crippen molar-refractivity contribution in [3.63, 3.8) is 0 Å². The lowest BCUT2D eigenvalue weighted by atomic mass is 10.1. The number of carbonyl (C=O) groups excluding carboxylic acids is 3. The molecule has 0 aliphatic rings. The molecular weight excluding hydrogens is 853 g/mol. The van der Waals surface area contributed by atoms with Crippen molar-refractivity contribution in [2.45, 2.75) is 271 Å². The van der Waals surface area contributed by atoms with E-state index in [0.29, 0.717) is 19.3 Å². The SMILES string of the molecule is CC/C=C\C/C=C\C/C=C\C/C=C\C/C=C\CCCCCCCCCC(=O)OCC(COC(=O)CCCCCCCCCCC)OC(=O)CCCCCCCC/C=C\C/C=C\C/C=C\CCCCC. The molecule has 0 amide bonds. The van der Waals surface area contributed by atoms with Crippen LogP contribution >= 0.6 is 0 Å². The van der Waals surface area contributed by atoms with Crippen molar-refractivity contribution >= 4 is 17.9 Å². The van der Waals surface area contributed by atoms with Gasteiger partial charge in [-0.2, -0.15) is 0 Å². The van der Waals surface area contributed by atoms with Crippen LogP contribution in [-0.4, -0.2) is 37.2 Å². The lowest BCUT2D eigenvalue weighted by molar-refractivity contribution is -0.167. The molecule has 394 valence electrons. The van der Waals surface area contributed by atoms with E-state index in [0.717, 1.165) is 122 Å². The zero-order valence-electron chi connectivity index (χ0n) is 45.0. The summed E-state index contributed by atoms with van der Waals surface area (Å²) in [7, 11) is 0. The molecule has 0 aliphatic carbocycles. The van der Waals surface area contributed by atoms with Gasteiger partial charge in [0.05, 0.1) is 0 Å². The van der Waals surface area contributed by atoms with Gasteiger partial charge in [0.15, 0.2) is 6.10 Å². The van der Waals surface area contributed by atoms with Crippen LogP contribution in [0.1, 0.15) is 265 Å². The molecule has 0 aromatic rings. The van der Waals surface area contributed by atoms with Gasteiger partial charge >= 0.3 is 17.9 Å². The summed E-state index contributed by atoms with van der Waals surface area (Å²) in [5.41, 5.74) is 0. The molecule has 0 heterocycles. The van der Waals surface area contributed by atoms with Gasteiger partial charge in [-0.15, -0.1) is 0 Å². The lowest BCUT2D eigenvalue weighted by Gasteiger charge is -2.18. The van der Waals surface area contributed by atoms with Crippen molar-refractivity contribution in [2.24, 2.45) is 0 Å². The summed E-state index contributed by atoms with van der Waals surface area (Å²) in [6.45, 7) is 6.46. The average Bonchev–Trinajstić information content (AvgIpc) is 3.35. The lowest BCUT2D eigenvalue weighted by Crippen LogP contribution is -2.30. The smallest absolute Gasteiger partial charge is 0.306 e. The molecule has 0 saturated heterocycles. The van der Waals surface area contributed by atoms with Gasteiger partial charge in [0.25, 0.3) is 0 Å². The van der Waals surface area contributed by atoms with E-state index in [9.17, 15) is 14.4 Å². The molecule has 0 bridgehead atoms. The zero-order valence-corrected chi connectivity index (χ0v) is 45.0. The van der Waals surface area contributed by atoms with Crippen LogP contribution in [-0.2, 0) is 28.6 Å². The summed E-state index contributed by atoms with van der Waals surface area (Å²) in [4.78, 5) is 38.1. The van der Waals surface area contributed by atoms with Crippen LogP contribution in [0.2, 0.25) is 0 Å². The van der Waals surface area contributed by atoms with Crippen LogP contribution in [0.15, 0.2) is 97.2 Å².